The van der Waals surface area contributed by atoms with Crippen LogP contribution in [0, 0.1) is 6.92 Å². The molecule has 0 atom stereocenters. The summed E-state index contributed by atoms with van der Waals surface area (Å²) in [6.07, 6.45) is 3.11. The minimum Gasteiger partial charge on any atom is -0.301 e. The normalized spacial score (nSPS) is 12.2. The van der Waals surface area contributed by atoms with E-state index in [1.807, 2.05) is 6.92 Å². The van der Waals surface area contributed by atoms with Gasteiger partial charge < -0.3 is 5.32 Å². The number of nitrogens with zero attached hydrogens (tertiary/aromatic N) is 2. The molecule has 0 bridgehead atoms. The number of nitrogens with one attached hydrogen (secondary N) is 1. The second kappa shape index (κ2) is 8.33. The first kappa shape index (κ1) is 21.3. The molecule has 0 fully saturated rings. The molecular formula is C19H25N3O3S2. The van der Waals surface area contributed by atoms with Crippen LogP contribution in [0.4, 0.5) is 5.13 Å². The zero-order chi connectivity index (χ0) is 20.2. The van der Waals surface area contributed by atoms with E-state index in [0.29, 0.717) is 5.13 Å². The van der Waals surface area contributed by atoms with Gasteiger partial charge in [0.2, 0.25) is 15.9 Å². The van der Waals surface area contributed by atoms with E-state index in [1.165, 1.54) is 17.4 Å². The molecule has 146 valence electrons. The highest BCUT2D eigenvalue weighted by Crippen LogP contribution is 2.25. The van der Waals surface area contributed by atoms with Crippen LogP contribution in [0.5, 0.6) is 0 Å². The van der Waals surface area contributed by atoms with Crippen LogP contribution in [0.25, 0.3) is 0 Å². The zero-order valence-corrected chi connectivity index (χ0v) is 17.7. The molecule has 0 aliphatic carbocycles. The summed E-state index contributed by atoms with van der Waals surface area (Å²) in [5, 5.41) is 3.08. The van der Waals surface area contributed by atoms with Gasteiger partial charge in [0.05, 0.1) is 11.4 Å². The standard InChI is InChI=1S/C19H25N3O3S2/c1-6-11-22(13-17(23)21-18-20-12-14(2)26-18)27(24,25)16-9-7-15(8-10-16)19(3,4)5/h6-10,12H,1,11,13H2,2-5H3,(H,20,21,23). The highest BCUT2D eigenvalue weighted by Gasteiger charge is 2.26. The summed E-state index contributed by atoms with van der Waals surface area (Å²) in [5.74, 6) is -0.443. The van der Waals surface area contributed by atoms with E-state index in [0.717, 1.165) is 14.7 Å². The van der Waals surface area contributed by atoms with Crippen molar-refractivity contribution in [2.75, 3.05) is 18.4 Å². The third-order valence-electron chi connectivity index (χ3n) is 3.88. The molecule has 0 unspecified atom stereocenters. The third-order valence-corrected chi connectivity index (χ3v) is 6.53. The number of amides is 1. The maximum Gasteiger partial charge on any atom is 0.243 e. The van der Waals surface area contributed by atoms with Crippen LogP contribution in [0.1, 0.15) is 31.2 Å². The summed E-state index contributed by atoms with van der Waals surface area (Å²) in [6.45, 7) is 11.4. The Morgan fingerprint density at radius 1 is 1.30 bits per heavy atom. The lowest BCUT2D eigenvalue weighted by Gasteiger charge is -2.22. The molecule has 0 aliphatic heterocycles. The van der Waals surface area contributed by atoms with Crippen molar-refractivity contribution in [2.24, 2.45) is 0 Å². The van der Waals surface area contributed by atoms with Crippen LogP contribution in [0.15, 0.2) is 48.0 Å². The summed E-state index contributed by atoms with van der Waals surface area (Å²) >= 11 is 1.33. The fourth-order valence-electron chi connectivity index (χ4n) is 2.40. The van der Waals surface area contributed by atoms with Crippen molar-refractivity contribution in [3.63, 3.8) is 0 Å². The smallest absolute Gasteiger partial charge is 0.243 e. The van der Waals surface area contributed by atoms with Crippen LogP contribution >= 0.6 is 11.3 Å². The topological polar surface area (TPSA) is 79.4 Å². The lowest BCUT2D eigenvalue weighted by Crippen LogP contribution is -2.38. The summed E-state index contributed by atoms with van der Waals surface area (Å²) in [4.78, 5) is 17.5. The molecule has 8 heteroatoms. The van der Waals surface area contributed by atoms with Crippen molar-refractivity contribution in [1.29, 1.82) is 0 Å². The average Bonchev–Trinajstić information content (AvgIpc) is 2.98. The van der Waals surface area contributed by atoms with Crippen LogP contribution in [0.3, 0.4) is 0 Å². The Morgan fingerprint density at radius 2 is 1.93 bits per heavy atom. The van der Waals surface area contributed by atoms with Gasteiger partial charge in [0.15, 0.2) is 5.13 Å². The quantitative estimate of drug-likeness (QED) is 0.712. The third kappa shape index (κ3) is 5.47. The predicted molar refractivity (Wildman–Crippen MR) is 110 cm³/mol. The van der Waals surface area contributed by atoms with Crippen molar-refractivity contribution in [1.82, 2.24) is 9.29 Å². The Morgan fingerprint density at radius 3 is 2.41 bits per heavy atom. The molecule has 1 amide bonds. The monoisotopic (exact) mass is 407 g/mol. The van der Waals surface area contributed by atoms with Gasteiger partial charge >= 0.3 is 0 Å². The first-order valence-electron chi connectivity index (χ1n) is 8.48. The van der Waals surface area contributed by atoms with Crippen molar-refractivity contribution >= 4 is 32.4 Å². The van der Waals surface area contributed by atoms with Gasteiger partial charge in [-0.05, 0) is 30.0 Å². The molecule has 0 aliphatic rings. The highest BCUT2D eigenvalue weighted by atomic mass is 32.2. The summed E-state index contributed by atoms with van der Waals surface area (Å²) < 4.78 is 27.0. The second-order valence-electron chi connectivity index (χ2n) is 7.18. The number of sulfonamides is 1. The maximum absolute atomic E-state index is 13.0. The number of aromatic nitrogens is 1. The van der Waals surface area contributed by atoms with Gasteiger partial charge in [0, 0.05) is 17.6 Å². The van der Waals surface area contributed by atoms with Crippen LogP contribution in [-0.4, -0.2) is 36.7 Å². The van der Waals surface area contributed by atoms with Crippen LogP contribution in [-0.2, 0) is 20.2 Å². The van der Waals surface area contributed by atoms with E-state index in [4.69, 9.17) is 0 Å². The first-order valence-corrected chi connectivity index (χ1v) is 10.7. The fraction of sp³-hybridized carbons (Fsp3) is 0.368. The molecular weight excluding hydrogens is 382 g/mol. The SMILES string of the molecule is C=CCN(CC(=O)Nc1ncc(C)s1)S(=O)(=O)c1ccc(C(C)(C)C)cc1. The number of aryl methyl sites for hydroxylation is 1. The number of carbonyl (C=O) groups excluding carboxylic acids is 1. The number of hydrogen-bond acceptors (Lipinski definition) is 5. The first-order chi connectivity index (χ1) is 12.5. The fourth-order valence-corrected chi connectivity index (χ4v) is 4.45. The van der Waals surface area contributed by atoms with E-state index >= 15 is 0 Å². The second-order valence-corrected chi connectivity index (χ2v) is 10.4. The van der Waals surface area contributed by atoms with Gasteiger partial charge in [-0.15, -0.1) is 17.9 Å². The van der Waals surface area contributed by atoms with Crippen molar-refractivity contribution in [3.8, 4) is 0 Å². The molecule has 1 N–H and O–H groups in total. The van der Waals surface area contributed by atoms with Gasteiger partial charge in [-0.25, -0.2) is 13.4 Å². The van der Waals surface area contributed by atoms with Gasteiger partial charge in [-0.3, -0.25) is 4.79 Å². The Bertz CT molecular complexity index is 910. The highest BCUT2D eigenvalue weighted by molar-refractivity contribution is 7.89. The van der Waals surface area contributed by atoms with Gasteiger partial charge in [-0.2, -0.15) is 4.31 Å². The molecule has 27 heavy (non-hydrogen) atoms. The maximum atomic E-state index is 13.0. The number of thiazole rings is 1. The largest absolute Gasteiger partial charge is 0.301 e. The number of rotatable bonds is 7. The van der Waals surface area contributed by atoms with Gasteiger partial charge in [0.1, 0.15) is 0 Å². The number of benzene rings is 1. The Balaban J connectivity index is 2.20. The number of carbonyl (C=O) groups is 1. The Hall–Kier alpha value is -2.03. The lowest BCUT2D eigenvalue weighted by molar-refractivity contribution is -0.116. The molecule has 0 spiro atoms. The molecule has 0 saturated heterocycles. The lowest BCUT2D eigenvalue weighted by atomic mass is 9.87. The van der Waals surface area contributed by atoms with Crippen LogP contribution < -0.4 is 5.32 Å². The number of anilines is 1. The minimum atomic E-state index is -3.82. The van der Waals surface area contributed by atoms with E-state index in [-0.39, 0.29) is 23.4 Å². The molecule has 2 aromatic rings. The summed E-state index contributed by atoms with van der Waals surface area (Å²) in [7, 11) is -3.82. The molecule has 1 aromatic carbocycles. The molecule has 2 rings (SSSR count). The number of hydrogen-bond donors (Lipinski definition) is 1. The Kier molecular flexibility index (Phi) is 6.56. The van der Waals surface area contributed by atoms with Crippen molar-refractivity contribution < 1.29 is 13.2 Å². The molecule has 1 aromatic heterocycles. The summed E-state index contributed by atoms with van der Waals surface area (Å²) in [5.41, 5.74) is 0.961. The minimum absolute atomic E-state index is 0.0354. The zero-order valence-electron chi connectivity index (χ0n) is 16.0. The average molecular weight is 408 g/mol. The molecule has 0 saturated carbocycles. The summed E-state index contributed by atoms with van der Waals surface area (Å²) in [6, 6.07) is 6.76. The van der Waals surface area contributed by atoms with Crippen LogP contribution in [0.2, 0.25) is 0 Å². The van der Waals surface area contributed by atoms with E-state index < -0.39 is 15.9 Å². The molecule has 1 heterocycles. The van der Waals surface area contributed by atoms with Gasteiger partial charge in [-0.1, -0.05) is 39.0 Å². The molecule has 0 radical (unpaired) electrons. The van der Waals surface area contributed by atoms with E-state index in [9.17, 15) is 13.2 Å². The van der Waals surface area contributed by atoms with E-state index in [2.05, 4.69) is 37.7 Å². The Labute approximate surface area is 165 Å². The molecule has 6 nitrogen and oxygen atoms in total. The van der Waals surface area contributed by atoms with E-state index in [1.54, 1.807) is 30.5 Å². The van der Waals surface area contributed by atoms with Crippen molar-refractivity contribution in [3.05, 3.63) is 53.6 Å². The van der Waals surface area contributed by atoms with Crippen molar-refractivity contribution in [2.45, 2.75) is 38.0 Å². The van der Waals surface area contributed by atoms with Gasteiger partial charge in [0.25, 0.3) is 0 Å². The predicted octanol–water partition coefficient (Wildman–Crippen LogP) is 3.56.